The van der Waals surface area contributed by atoms with Crippen LogP contribution in [0.3, 0.4) is 0 Å². The molecule has 1 heterocycles. The predicted molar refractivity (Wildman–Crippen MR) is 104 cm³/mol. The van der Waals surface area contributed by atoms with Gasteiger partial charge in [-0.3, -0.25) is 9.59 Å². The van der Waals surface area contributed by atoms with Crippen LogP contribution < -0.4 is 4.90 Å². The van der Waals surface area contributed by atoms with Gasteiger partial charge in [-0.15, -0.1) is 0 Å². The number of Topliss-reactive ketones (excluding diaryl/α,β-unsaturated/α-hetero) is 1. The van der Waals surface area contributed by atoms with Gasteiger partial charge in [-0.25, -0.2) is 0 Å². The van der Waals surface area contributed by atoms with Gasteiger partial charge in [0.15, 0.2) is 0 Å². The van der Waals surface area contributed by atoms with Gasteiger partial charge in [-0.1, -0.05) is 47.5 Å². The molecular formula is C22H22N2O2. The molecule has 0 radical (unpaired) electrons. The molecule has 0 N–H and O–H groups in total. The zero-order valence-electron chi connectivity index (χ0n) is 15.3. The number of aryl methyl sites for hydroxylation is 2. The van der Waals surface area contributed by atoms with Gasteiger partial charge in [0.1, 0.15) is 0 Å². The smallest absolute Gasteiger partial charge is 0.300 e. The Morgan fingerprint density at radius 2 is 1.46 bits per heavy atom. The number of hydrogen-bond donors (Lipinski definition) is 0. The number of benzene rings is 2. The van der Waals surface area contributed by atoms with Crippen LogP contribution in [0.4, 0.5) is 5.69 Å². The molecule has 26 heavy (non-hydrogen) atoms. The number of carbonyl (C=O) groups excluding carboxylic acids is 2. The van der Waals surface area contributed by atoms with Gasteiger partial charge in [0.05, 0.1) is 5.69 Å². The van der Waals surface area contributed by atoms with Crippen molar-refractivity contribution < 1.29 is 9.59 Å². The maximum atomic E-state index is 12.7. The minimum absolute atomic E-state index is 0.398. The molecule has 3 aromatic rings. The van der Waals surface area contributed by atoms with Crippen molar-refractivity contribution >= 4 is 17.4 Å². The quantitative estimate of drug-likeness (QED) is 0.518. The van der Waals surface area contributed by atoms with Crippen molar-refractivity contribution in [2.45, 2.75) is 20.4 Å². The van der Waals surface area contributed by atoms with Gasteiger partial charge in [0, 0.05) is 25.5 Å². The lowest BCUT2D eigenvalue weighted by Crippen LogP contribution is -2.34. The molecule has 4 nitrogen and oxygen atoms in total. The van der Waals surface area contributed by atoms with Crippen molar-refractivity contribution in [1.29, 1.82) is 0 Å². The molecule has 0 saturated heterocycles. The summed E-state index contributed by atoms with van der Waals surface area (Å²) in [6, 6.07) is 19.1. The number of ketones is 1. The Morgan fingerprint density at radius 1 is 0.885 bits per heavy atom. The van der Waals surface area contributed by atoms with Gasteiger partial charge in [0.2, 0.25) is 0 Å². The van der Waals surface area contributed by atoms with Crippen molar-refractivity contribution in [2.75, 3.05) is 11.9 Å². The van der Waals surface area contributed by atoms with Crippen LogP contribution in [0.2, 0.25) is 0 Å². The van der Waals surface area contributed by atoms with E-state index < -0.39 is 11.7 Å². The summed E-state index contributed by atoms with van der Waals surface area (Å²) in [5, 5.41) is 0. The molecule has 0 spiro atoms. The molecule has 1 amide bonds. The Morgan fingerprint density at radius 3 is 2.08 bits per heavy atom. The number of likely N-dealkylation sites (N-methyl/N-ethyl adjacent to an activating group) is 1. The third kappa shape index (κ3) is 3.75. The van der Waals surface area contributed by atoms with Crippen LogP contribution >= 0.6 is 0 Å². The van der Waals surface area contributed by atoms with Crippen molar-refractivity contribution in [3.05, 3.63) is 89.2 Å². The van der Waals surface area contributed by atoms with Gasteiger partial charge in [-0.05, 0) is 43.7 Å². The highest BCUT2D eigenvalue weighted by Crippen LogP contribution is 2.16. The first-order valence-electron chi connectivity index (χ1n) is 8.55. The fraction of sp³-hybridized carbons (Fsp3) is 0.182. The predicted octanol–water partition coefficient (Wildman–Crippen LogP) is 4.00. The summed E-state index contributed by atoms with van der Waals surface area (Å²) < 4.78 is 1.81. The Balaban J connectivity index is 1.79. The third-order valence-electron chi connectivity index (χ3n) is 4.46. The number of carbonyl (C=O) groups is 2. The Hall–Kier alpha value is -3.14. The highest BCUT2D eigenvalue weighted by molar-refractivity contribution is 6.46. The minimum Gasteiger partial charge on any atom is -0.340 e. The summed E-state index contributed by atoms with van der Waals surface area (Å²) in [5.74, 6) is -1.05. The van der Waals surface area contributed by atoms with E-state index in [0.717, 1.165) is 11.1 Å². The molecule has 0 aliphatic rings. The summed E-state index contributed by atoms with van der Waals surface area (Å²) in [7, 11) is 1.62. The Labute approximate surface area is 153 Å². The maximum absolute atomic E-state index is 12.7. The monoisotopic (exact) mass is 346 g/mol. The number of amides is 1. The van der Waals surface area contributed by atoms with E-state index in [9.17, 15) is 9.59 Å². The summed E-state index contributed by atoms with van der Waals surface area (Å²) in [6.45, 7) is 4.57. The van der Waals surface area contributed by atoms with Crippen LogP contribution in [-0.2, 0) is 11.3 Å². The topological polar surface area (TPSA) is 42.3 Å². The first kappa shape index (κ1) is 17.7. The van der Waals surface area contributed by atoms with Gasteiger partial charge >= 0.3 is 5.91 Å². The van der Waals surface area contributed by atoms with Gasteiger partial charge in [0.25, 0.3) is 5.78 Å². The summed E-state index contributed by atoms with van der Waals surface area (Å²) in [4.78, 5) is 26.8. The molecule has 0 saturated carbocycles. The maximum Gasteiger partial charge on any atom is 0.300 e. The number of aromatic nitrogens is 1. The van der Waals surface area contributed by atoms with Crippen molar-refractivity contribution in [3.63, 3.8) is 0 Å². The molecule has 1 aromatic heterocycles. The van der Waals surface area contributed by atoms with E-state index in [-0.39, 0.29) is 0 Å². The highest BCUT2D eigenvalue weighted by atomic mass is 16.2. The lowest BCUT2D eigenvalue weighted by Gasteiger charge is -2.17. The molecule has 0 bridgehead atoms. The third-order valence-corrected chi connectivity index (χ3v) is 4.46. The minimum atomic E-state index is -0.544. The Bertz CT molecular complexity index is 922. The second-order valence-electron chi connectivity index (χ2n) is 6.54. The second-order valence-corrected chi connectivity index (χ2v) is 6.54. The van der Waals surface area contributed by atoms with Crippen molar-refractivity contribution in [2.24, 2.45) is 0 Å². The van der Waals surface area contributed by atoms with Crippen LogP contribution in [0.5, 0.6) is 0 Å². The average molecular weight is 346 g/mol. The molecule has 2 aromatic carbocycles. The summed E-state index contributed by atoms with van der Waals surface area (Å²) in [6.07, 6.45) is 1.83. The molecule has 0 aliphatic carbocycles. The normalized spacial score (nSPS) is 10.6. The lowest BCUT2D eigenvalue weighted by molar-refractivity contribution is -0.114. The molecular weight excluding hydrogens is 324 g/mol. The molecule has 0 unspecified atom stereocenters. The van der Waals surface area contributed by atoms with Crippen LogP contribution in [0, 0.1) is 13.8 Å². The van der Waals surface area contributed by atoms with Crippen molar-refractivity contribution in [3.8, 4) is 0 Å². The van der Waals surface area contributed by atoms with E-state index in [0.29, 0.717) is 17.9 Å². The SMILES string of the molecule is Cc1ccc(Cn2cccc2C(=O)C(=O)N(C)c2ccc(C)cc2)cc1. The zero-order chi connectivity index (χ0) is 18.7. The van der Waals surface area contributed by atoms with Gasteiger partial charge < -0.3 is 9.47 Å². The second kappa shape index (κ2) is 7.40. The molecule has 4 heteroatoms. The first-order valence-corrected chi connectivity index (χ1v) is 8.55. The van der Waals surface area contributed by atoms with Crippen LogP contribution in [-0.4, -0.2) is 23.3 Å². The molecule has 132 valence electrons. The van der Waals surface area contributed by atoms with Gasteiger partial charge in [-0.2, -0.15) is 0 Å². The van der Waals surface area contributed by atoms with E-state index >= 15 is 0 Å². The number of hydrogen-bond acceptors (Lipinski definition) is 2. The Kier molecular flexibility index (Phi) is 5.03. The average Bonchev–Trinajstić information content (AvgIpc) is 3.10. The first-order chi connectivity index (χ1) is 12.5. The largest absolute Gasteiger partial charge is 0.340 e. The highest BCUT2D eigenvalue weighted by Gasteiger charge is 2.24. The zero-order valence-corrected chi connectivity index (χ0v) is 15.3. The fourth-order valence-electron chi connectivity index (χ4n) is 2.80. The lowest BCUT2D eigenvalue weighted by atomic mass is 10.1. The van der Waals surface area contributed by atoms with Crippen LogP contribution in [0.1, 0.15) is 27.2 Å². The van der Waals surface area contributed by atoms with Crippen molar-refractivity contribution in [1.82, 2.24) is 4.57 Å². The van der Waals surface area contributed by atoms with E-state index in [1.807, 2.05) is 73.1 Å². The van der Waals surface area contributed by atoms with E-state index in [2.05, 4.69) is 0 Å². The molecule has 3 rings (SSSR count). The number of anilines is 1. The summed E-state index contributed by atoms with van der Waals surface area (Å²) in [5.41, 5.74) is 4.47. The molecule has 0 fully saturated rings. The fourth-order valence-corrected chi connectivity index (χ4v) is 2.80. The van der Waals surface area contributed by atoms with E-state index in [1.54, 1.807) is 19.2 Å². The number of nitrogens with zero attached hydrogens (tertiary/aromatic N) is 2. The van der Waals surface area contributed by atoms with Crippen LogP contribution in [0.25, 0.3) is 0 Å². The number of rotatable bonds is 5. The molecule has 0 atom stereocenters. The van der Waals surface area contributed by atoms with Crippen LogP contribution in [0.15, 0.2) is 66.9 Å². The standard InChI is InChI=1S/C22H22N2O2/c1-16-6-10-18(11-7-16)15-24-14-4-5-20(24)21(25)22(26)23(3)19-12-8-17(2)9-13-19/h4-14H,15H2,1-3H3. The molecule has 0 aliphatic heterocycles. The summed E-state index contributed by atoms with van der Waals surface area (Å²) >= 11 is 0. The van der Waals surface area contributed by atoms with E-state index in [1.165, 1.54) is 10.5 Å². The van der Waals surface area contributed by atoms with E-state index in [4.69, 9.17) is 0 Å².